The van der Waals surface area contributed by atoms with Gasteiger partial charge in [0.15, 0.2) is 0 Å². The number of carbonyl (C=O) groups is 1. The lowest BCUT2D eigenvalue weighted by Crippen LogP contribution is -2.42. The molecule has 126 valence electrons. The molecule has 0 fully saturated rings. The molecule has 3 rings (SSSR count). The van der Waals surface area contributed by atoms with E-state index in [4.69, 9.17) is 4.74 Å². The van der Waals surface area contributed by atoms with E-state index in [9.17, 15) is 13.2 Å². The van der Waals surface area contributed by atoms with Gasteiger partial charge in [-0.3, -0.25) is 9.10 Å². The van der Waals surface area contributed by atoms with Crippen molar-refractivity contribution in [2.24, 2.45) is 0 Å². The second-order valence-corrected chi connectivity index (χ2v) is 7.50. The third-order valence-corrected chi connectivity index (χ3v) is 5.44. The number of para-hydroxylation sites is 2. The molecule has 0 radical (unpaired) electrons. The molecule has 2 aromatic carbocycles. The van der Waals surface area contributed by atoms with Gasteiger partial charge in [0.2, 0.25) is 5.91 Å². The number of hydrogen-bond donors (Lipinski definition) is 1. The second-order valence-electron chi connectivity index (χ2n) is 5.64. The van der Waals surface area contributed by atoms with Gasteiger partial charge in [-0.2, -0.15) is 0 Å². The SMILES string of the molecule is CC(=O)Nc1ccc(S(=O)(=O)N2C[C@@H](C)Oc3ccccc32)cc1. The molecule has 1 atom stereocenters. The van der Waals surface area contributed by atoms with Crippen molar-refractivity contribution in [2.45, 2.75) is 24.8 Å². The van der Waals surface area contributed by atoms with Gasteiger partial charge in [-0.25, -0.2) is 8.42 Å². The van der Waals surface area contributed by atoms with Crippen molar-refractivity contribution in [1.82, 2.24) is 0 Å². The van der Waals surface area contributed by atoms with E-state index < -0.39 is 10.0 Å². The Kier molecular flexibility index (Phi) is 4.19. The zero-order valence-corrected chi connectivity index (χ0v) is 14.2. The first-order valence-electron chi connectivity index (χ1n) is 7.54. The second kappa shape index (κ2) is 6.16. The Labute approximate surface area is 141 Å². The summed E-state index contributed by atoms with van der Waals surface area (Å²) in [4.78, 5) is 11.2. The molecule has 1 aliphatic rings. The molecule has 0 spiro atoms. The first-order chi connectivity index (χ1) is 11.4. The first kappa shape index (κ1) is 16.3. The fourth-order valence-electron chi connectivity index (χ4n) is 2.62. The van der Waals surface area contributed by atoms with E-state index in [1.165, 1.54) is 23.4 Å². The molecule has 2 aromatic rings. The summed E-state index contributed by atoms with van der Waals surface area (Å²) in [5.74, 6) is 0.344. The van der Waals surface area contributed by atoms with Crippen LogP contribution in [0, 0.1) is 0 Å². The van der Waals surface area contributed by atoms with E-state index in [1.807, 2.05) is 13.0 Å². The number of anilines is 2. The molecule has 0 saturated heterocycles. The number of fused-ring (bicyclic) bond motifs is 1. The molecule has 1 N–H and O–H groups in total. The van der Waals surface area contributed by atoms with Gasteiger partial charge in [0.1, 0.15) is 11.9 Å². The highest BCUT2D eigenvalue weighted by Gasteiger charge is 2.32. The molecule has 6 nitrogen and oxygen atoms in total. The van der Waals surface area contributed by atoms with Crippen LogP contribution in [0.4, 0.5) is 11.4 Å². The molecule has 1 heterocycles. The van der Waals surface area contributed by atoms with Crippen LogP contribution in [0.2, 0.25) is 0 Å². The van der Waals surface area contributed by atoms with Crippen LogP contribution in [0.15, 0.2) is 53.4 Å². The zero-order chi connectivity index (χ0) is 17.3. The number of amides is 1. The maximum Gasteiger partial charge on any atom is 0.264 e. The molecular formula is C17H18N2O4S. The molecule has 0 saturated carbocycles. The maximum absolute atomic E-state index is 13.0. The lowest BCUT2D eigenvalue weighted by Gasteiger charge is -2.34. The Balaban J connectivity index is 1.97. The number of sulfonamides is 1. The molecule has 7 heteroatoms. The lowest BCUT2D eigenvalue weighted by atomic mass is 10.2. The number of hydrogen-bond acceptors (Lipinski definition) is 4. The largest absolute Gasteiger partial charge is 0.487 e. The molecule has 24 heavy (non-hydrogen) atoms. The van der Waals surface area contributed by atoms with Gasteiger partial charge in [-0.05, 0) is 43.3 Å². The minimum Gasteiger partial charge on any atom is -0.487 e. The van der Waals surface area contributed by atoms with Crippen LogP contribution in [-0.4, -0.2) is 27.0 Å². The van der Waals surface area contributed by atoms with Crippen LogP contribution in [-0.2, 0) is 14.8 Å². The number of ether oxygens (including phenoxy) is 1. The molecule has 0 aliphatic carbocycles. The smallest absolute Gasteiger partial charge is 0.264 e. The number of nitrogens with zero attached hydrogens (tertiary/aromatic N) is 1. The molecular weight excluding hydrogens is 328 g/mol. The fraction of sp³-hybridized carbons (Fsp3) is 0.235. The highest BCUT2D eigenvalue weighted by atomic mass is 32.2. The first-order valence-corrected chi connectivity index (χ1v) is 8.98. The topological polar surface area (TPSA) is 75.7 Å². The van der Waals surface area contributed by atoms with Crippen LogP contribution in [0.1, 0.15) is 13.8 Å². The average Bonchev–Trinajstić information content (AvgIpc) is 2.54. The van der Waals surface area contributed by atoms with E-state index in [2.05, 4.69) is 5.32 Å². The Bertz CT molecular complexity index is 862. The van der Waals surface area contributed by atoms with E-state index in [1.54, 1.807) is 30.3 Å². The maximum atomic E-state index is 13.0. The van der Waals surface area contributed by atoms with Crippen LogP contribution in [0.3, 0.4) is 0 Å². The summed E-state index contributed by atoms with van der Waals surface area (Å²) in [5, 5.41) is 2.62. The van der Waals surface area contributed by atoms with Crippen LogP contribution in [0.5, 0.6) is 5.75 Å². The Hall–Kier alpha value is -2.54. The molecule has 0 bridgehead atoms. The standard InChI is InChI=1S/C17H18N2O4S/c1-12-11-19(16-5-3-4-6-17(16)23-12)24(21,22)15-9-7-14(8-10-15)18-13(2)20/h3-10,12H,11H2,1-2H3,(H,18,20)/t12-/m1/s1. The van der Waals surface area contributed by atoms with Crippen molar-refractivity contribution in [3.8, 4) is 5.75 Å². The summed E-state index contributed by atoms with van der Waals surface area (Å²) in [5.41, 5.74) is 1.08. The van der Waals surface area contributed by atoms with Crippen LogP contribution >= 0.6 is 0 Å². The van der Waals surface area contributed by atoms with Crippen molar-refractivity contribution < 1.29 is 17.9 Å². The average molecular weight is 346 g/mol. The third-order valence-electron chi connectivity index (χ3n) is 3.65. The molecule has 0 unspecified atom stereocenters. The van der Waals surface area contributed by atoms with Crippen molar-refractivity contribution >= 4 is 27.3 Å². The van der Waals surface area contributed by atoms with Gasteiger partial charge in [-0.15, -0.1) is 0 Å². The van der Waals surface area contributed by atoms with E-state index in [0.29, 0.717) is 17.1 Å². The van der Waals surface area contributed by atoms with Crippen molar-refractivity contribution in [2.75, 3.05) is 16.2 Å². The van der Waals surface area contributed by atoms with Gasteiger partial charge < -0.3 is 10.1 Å². The number of carbonyl (C=O) groups excluding carboxylic acids is 1. The van der Waals surface area contributed by atoms with Crippen LogP contribution < -0.4 is 14.4 Å². The normalized spacial score (nSPS) is 16.9. The highest BCUT2D eigenvalue weighted by Crippen LogP contribution is 2.36. The summed E-state index contributed by atoms with van der Waals surface area (Å²) in [6.45, 7) is 3.47. The predicted molar refractivity (Wildman–Crippen MR) is 91.8 cm³/mol. The third kappa shape index (κ3) is 3.07. The summed E-state index contributed by atoms with van der Waals surface area (Å²) in [6.07, 6.45) is -0.242. The Morgan fingerprint density at radius 3 is 2.50 bits per heavy atom. The van der Waals surface area contributed by atoms with Crippen molar-refractivity contribution in [3.05, 3.63) is 48.5 Å². The minimum atomic E-state index is -3.71. The summed E-state index contributed by atoms with van der Waals surface area (Å²) < 4.78 is 33.1. The van der Waals surface area contributed by atoms with Gasteiger partial charge >= 0.3 is 0 Å². The molecule has 1 amide bonds. The molecule has 1 aliphatic heterocycles. The highest BCUT2D eigenvalue weighted by molar-refractivity contribution is 7.92. The monoisotopic (exact) mass is 346 g/mol. The van der Waals surface area contributed by atoms with Gasteiger partial charge in [-0.1, -0.05) is 12.1 Å². The summed E-state index contributed by atoms with van der Waals surface area (Å²) in [6, 6.07) is 13.2. The van der Waals surface area contributed by atoms with Crippen molar-refractivity contribution in [1.29, 1.82) is 0 Å². The summed E-state index contributed by atoms with van der Waals surface area (Å²) in [7, 11) is -3.71. The molecule has 0 aromatic heterocycles. The van der Waals surface area contributed by atoms with Crippen molar-refractivity contribution in [3.63, 3.8) is 0 Å². The predicted octanol–water partition coefficient (Wildman–Crippen LogP) is 2.62. The Morgan fingerprint density at radius 2 is 1.83 bits per heavy atom. The number of benzene rings is 2. The van der Waals surface area contributed by atoms with Gasteiger partial charge in [0, 0.05) is 12.6 Å². The van der Waals surface area contributed by atoms with E-state index in [0.717, 1.165) is 0 Å². The van der Waals surface area contributed by atoms with Gasteiger partial charge in [0.25, 0.3) is 10.0 Å². The fourth-order valence-corrected chi connectivity index (χ4v) is 4.17. The van der Waals surface area contributed by atoms with E-state index >= 15 is 0 Å². The lowest BCUT2D eigenvalue weighted by molar-refractivity contribution is -0.114. The zero-order valence-electron chi connectivity index (χ0n) is 13.4. The number of nitrogens with one attached hydrogen (secondary N) is 1. The van der Waals surface area contributed by atoms with E-state index in [-0.39, 0.29) is 23.5 Å². The van der Waals surface area contributed by atoms with Gasteiger partial charge in [0.05, 0.1) is 17.1 Å². The quantitative estimate of drug-likeness (QED) is 0.927. The van der Waals surface area contributed by atoms with Crippen LogP contribution in [0.25, 0.3) is 0 Å². The Morgan fingerprint density at radius 1 is 1.17 bits per heavy atom. The summed E-state index contributed by atoms with van der Waals surface area (Å²) >= 11 is 0. The minimum absolute atomic E-state index is 0.167. The number of rotatable bonds is 3.